The van der Waals surface area contributed by atoms with Gasteiger partial charge in [-0.25, -0.2) is 9.59 Å². The van der Waals surface area contributed by atoms with E-state index in [4.69, 9.17) is 15.1 Å². The number of hydrogen-bond donors (Lipinski definition) is 3. The van der Waals surface area contributed by atoms with Gasteiger partial charge in [0, 0.05) is 11.9 Å². The van der Waals surface area contributed by atoms with Gasteiger partial charge in [0.05, 0.1) is 12.2 Å². The van der Waals surface area contributed by atoms with Crippen LogP contribution in [-0.4, -0.2) is 47.6 Å². The molecule has 1 amide bonds. The lowest BCUT2D eigenvalue weighted by Gasteiger charge is -2.12. The Morgan fingerprint density at radius 2 is 2.00 bits per heavy atom. The molecule has 1 unspecified atom stereocenters. The van der Waals surface area contributed by atoms with E-state index in [1.807, 2.05) is 6.26 Å². The average Bonchev–Trinajstić information content (AvgIpc) is 2.65. The van der Waals surface area contributed by atoms with Gasteiger partial charge in [-0.1, -0.05) is 0 Å². The molecule has 0 fully saturated rings. The van der Waals surface area contributed by atoms with Crippen molar-refractivity contribution in [3.8, 4) is 6.07 Å². The number of carbonyl (C=O) groups is 3. The highest BCUT2D eigenvalue weighted by Crippen LogP contribution is 2.12. The van der Waals surface area contributed by atoms with Crippen molar-refractivity contribution in [1.82, 2.24) is 5.32 Å². The highest BCUT2D eigenvalue weighted by molar-refractivity contribution is 7.98. The van der Waals surface area contributed by atoms with E-state index in [0.717, 1.165) is 6.20 Å². The zero-order chi connectivity index (χ0) is 20.2. The average molecular weight is 391 g/mol. The monoisotopic (exact) mass is 391 g/mol. The zero-order valence-corrected chi connectivity index (χ0v) is 15.8. The van der Waals surface area contributed by atoms with Gasteiger partial charge in [-0.15, -0.1) is 0 Å². The van der Waals surface area contributed by atoms with E-state index in [0.29, 0.717) is 23.4 Å². The summed E-state index contributed by atoms with van der Waals surface area (Å²) in [7, 11) is 0. The molecule has 144 valence electrons. The van der Waals surface area contributed by atoms with Crippen molar-refractivity contribution in [1.29, 1.82) is 5.26 Å². The smallest absolute Gasteiger partial charge is 0.338 e. The number of carboxylic acid groups (broad SMARTS) is 1. The third kappa shape index (κ3) is 7.42. The van der Waals surface area contributed by atoms with E-state index in [9.17, 15) is 14.4 Å². The molecular formula is C18H21N3O5S. The van der Waals surface area contributed by atoms with E-state index in [-0.39, 0.29) is 12.2 Å². The van der Waals surface area contributed by atoms with E-state index in [1.165, 1.54) is 36.0 Å². The molecule has 0 aliphatic carbocycles. The Bertz CT molecular complexity index is 740. The molecule has 0 bridgehead atoms. The summed E-state index contributed by atoms with van der Waals surface area (Å²) in [5.74, 6) is -1.60. The molecule has 27 heavy (non-hydrogen) atoms. The lowest BCUT2D eigenvalue weighted by molar-refractivity contribution is -0.139. The predicted molar refractivity (Wildman–Crippen MR) is 102 cm³/mol. The number of carboxylic acids is 1. The van der Waals surface area contributed by atoms with Crippen molar-refractivity contribution in [3.05, 3.63) is 41.6 Å². The van der Waals surface area contributed by atoms with Crippen LogP contribution in [0.1, 0.15) is 23.7 Å². The molecule has 3 N–H and O–H groups in total. The molecule has 1 rings (SSSR count). The van der Waals surface area contributed by atoms with Crippen LogP contribution in [-0.2, 0) is 14.3 Å². The number of rotatable bonds is 10. The van der Waals surface area contributed by atoms with Gasteiger partial charge in [0.1, 0.15) is 17.7 Å². The first-order chi connectivity index (χ1) is 12.9. The minimum Gasteiger partial charge on any atom is -0.480 e. The number of nitrogens with one attached hydrogen (secondary N) is 2. The third-order valence-corrected chi connectivity index (χ3v) is 4.00. The van der Waals surface area contributed by atoms with Crippen LogP contribution >= 0.6 is 11.8 Å². The lowest BCUT2D eigenvalue weighted by atomic mass is 10.2. The maximum absolute atomic E-state index is 12.2. The van der Waals surface area contributed by atoms with Crippen LogP contribution in [0, 0.1) is 11.3 Å². The molecule has 1 aromatic rings. The van der Waals surface area contributed by atoms with Gasteiger partial charge >= 0.3 is 11.9 Å². The topological polar surface area (TPSA) is 129 Å². The maximum atomic E-state index is 12.2. The number of carbonyl (C=O) groups excluding carboxylic acids is 2. The molecule has 0 saturated carbocycles. The lowest BCUT2D eigenvalue weighted by Crippen LogP contribution is -2.34. The Morgan fingerprint density at radius 3 is 2.52 bits per heavy atom. The second-order valence-corrected chi connectivity index (χ2v) is 6.25. The summed E-state index contributed by atoms with van der Waals surface area (Å²) < 4.78 is 4.87. The largest absolute Gasteiger partial charge is 0.480 e. The summed E-state index contributed by atoms with van der Waals surface area (Å²) in [6, 6.07) is 6.83. The third-order valence-electron chi connectivity index (χ3n) is 3.36. The molecule has 8 nitrogen and oxygen atoms in total. The first-order valence-electron chi connectivity index (χ1n) is 8.09. The van der Waals surface area contributed by atoms with E-state index >= 15 is 0 Å². The molecule has 0 heterocycles. The van der Waals surface area contributed by atoms with Gasteiger partial charge in [0.2, 0.25) is 0 Å². The number of hydrogen-bond acceptors (Lipinski definition) is 7. The Balaban J connectivity index is 2.76. The quantitative estimate of drug-likeness (QED) is 0.314. The Morgan fingerprint density at radius 1 is 1.33 bits per heavy atom. The van der Waals surface area contributed by atoms with Gasteiger partial charge < -0.3 is 20.5 Å². The number of amides is 1. The Hall–Kier alpha value is -2.99. The second-order valence-electron chi connectivity index (χ2n) is 5.26. The summed E-state index contributed by atoms with van der Waals surface area (Å²) >= 11 is 1.50. The molecule has 0 spiro atoms. The molecular weight excluding hydrogens is 370 g/mol. The fraction of sp³-hybridized carbons (Fsp3) is 0.333. The molecule has 0 aliphatic heterocycles. The Labute approximate surface area is 161 Å². The van der Waals surface area contributed by atoms with Crippen molar-refractivity contribution >= 4 is 35.3 Å². The van der Waals surface area contributed by atoms with Gasteiger partial charge in [0.25, 0.3) is 5.91 Å². The number of esters is 1. The summed E-state index contributed by atoms with van der Waals surface area (Å²) in [6.07, 6.45) is 3.31. The van der Waals surface area contributed by atoms with Gasteiger partial charge in [-0.3, -0.25) is 4.79 Å². The molecule has 1 atom stereocenters. The minimum atomic E-state index is -1.06. The highest BCUT2D eigenvalue weighted by atomic mass is 32.2. The maximum Gasteiger partial charge on any atom is 0.338 e. The number of aliphatic carboxylic acids is 1. The summed E-state index contributed by atoms with van der Waals surface area (Å²) in [4.78, 5) is 34.9. The molecule has 0 radical (unpaired) electrons. The molecule has 9 heteroatoms. The van der Waals surface area contributed by atoms with Crippen molar-refractivity contribution in [2.45, 2.75) is 19.4 Å². The number of benzene rings is 1. The predicted octanol–water partition coefficient (Wildman–Crippen LogP) is 2.01. The van der Waals surface area contributed by atoms with Crippen molar-refractivity contribution in [3.63, 3.8) is 0 Å². The number of nitriles is 1. The normalized spacial score (nSPS) is 11.8. The SMILES string of the molecule is CCOC(=O)c1ccc(NC(=O)/C(C#N)=C\NC(CCSC)C(=O)O)cc1. The number of ether oxygens (including phenoxy) is 1. The van der Waals surface area contributed by atoms with Crippen molar-refractivity contribution in [2.75, 3.05) is 23.9 Å². The molecule has 0 aliphatic rings. The molecule has 1 aromatic carbocycles. The standard InChI is InChI=1S/C18H21N3O5S/c1-3-26-18(25)12-4-6-14(7-5-12)21-16(22)13(10-19)11-20-15(17(23)24)8-9-27-2/h4-7,11,15,20H,3,8-9H2,1-2H3,(H,21,22)(H,23,24)/b13-11-. The number of thioether (sulfide) groups is 1. The van der Waals surface area contributed by atoms with Gasteiger partial charge in [-0.05, 0) is 49.6 Å². The number of anilines is 1. The summed E-state index contributed by atoms with van der Waals surface area (Å²) in [6.45, 7) is 1.96. The first kappa shape index (κ1) is 22.1. The van der Waals surface area contributed by atoms with Gasteiger partial charge in [0.15, 0.2) is 0 Å². The van der Waals surface area contributed by atoms with E-state index in [2.05, 4.69) is 10.6 Å². The van der Waals surface area contributed by atoms with Crippen LogP contribution in [0.15, 0.2) is 36.0 Å². The molecule has 0 saturated heterocycles. The van der Waals surface area contributed by atoms with Crippen LogP contribution in [0.2, 0.25) is 0 Å². The highest BCUT2D eigenvalue weighted by Gasteiger charge is 2.17. The zero-order valence-electron chi connectivity index (χ0n) is 15.0. The van der Waals surface area contributed by atoms with Crippen LogP contribution in [0.5, 0.6) is 0 Å². The fourth-order valence-electron chi connectivity index (χ4n) is 1.95. The van der Waals surface area contributed by atoms with Crippen LogP contribution < -0.4 is 10.6 Å². The van der Waals surface area contributed by atoms with Crippen molar-refractivity contribution < 1.29 is 24.2 Å². The van der Waals surface area contributed by atoms with Gasteiger partial charge in [-0.2, -0.15) is 17.0 Å². The van der Waals surface area contributed by atoms with Crippen LogP contribution in [0.3, 0.4) is 0 Å². The summed E-state index contributed by atoms with van der Waals surface area (Å²) in [5, 5.41) is 23.4. The van der Waals surface area contributed by atoms with Crippen LogP contribution in [0.4, 0.5) is 5.69 Å². The second kappa shape index (κ2) is 11.6. The summed E-state index contributed by atoms with van der Waals surface area (Å²) in [5.41, 5.74) is 0.455. The number of nitrogens with zero attached hydrogens (tertiary/aromatic N) is 1. The first-order valence-corrected chi connectivity index (χ1v) is 9.48. The fourth-order valence-corrected chi connectivity index (χ4v) is 2.42. The minimum absolute atomic E-state index is 0.259. The van der Waals surface area contributed by atoms with Crippen LogP contribution in [0.25, 0.3) is 0 Å². The van der Waals surface area contributed by atoms with Crippen molar-refractivity contribution in [2.24, 2.45) is 0 Å². The Kier molecular flexibility index (Phi) is 9.47. The van der Waals surface area contributed by atoms with E-state index in [1.54, 1.807) is 13.0 Å². The van der Waals surface area contributed by atoms with E-state index < -0.39 is 23.9 Å². The molecule has 0 aromatic heterocycles.